The Morgan fingerprint density at radius 2 is 1.70 bits per heavy atom. The molecule has 1 amide bonds. The van der Waals surface area contributed by atoms with E-state index in [0.717, 1.165) is 16.9 Å². The Morgan fingerprint density at radius 3 is 2.36 bits per heavy atom. The van der Waals surface area contributed by atoms with Crippen molar-refractivity contribution in [1.29, 1.82) is 0 Å². The first kappa shape index (κ1) is 21.1. The van der Waals surface area contributed by atoms with Gasteiger partial charge in [0.25, 0.3) is 11.5 Å². The smallest absolute Gasteiger partial charge is 0.272 e. The van der Waals surface area contributed by atoms with Gasteiger partial charge >= 0.3 is 0 Å². The largest absolute Gasteiger partial charge is 0.493 e. The molecule has 33 heavy (non-hydrogen) atoms. The lowest BCUT2D eigenvalue weighted by Gasteiger charge is -2.27. The molecule has 2 aromatic carbocycles. The standard InChI is InChI=1S/C23H22N4O5S/c1-25-15-8-6-5-7-14(15)18(21(25)28)20-22(29)27-12-26(11-24-23(27)33-20)13-9-16(30-2)19(32-4)17(10-13)31-3/h5-10H,11-12H2,1-4H3. The zero-order valence-electron chi connectivity index (χ0n) is 18.6. The summed E-state index contributed by atoms with van der Waals surface area (Å²) in [5.41, 5.74) is 2.53. The van der Waals surface area contributed by atoms with Crippen LogP contribution in [0, 0.1) is 0 Å². The number of carbonyl (C=O) groups is 1. The molecule has 0 fully saturated rings. The number of para-hydroxylation sites is 1. The minimum atomic E-state index is -0.232. The predicted octanol–water partition coefficient (Wildman–Crippen LogP) is 1.17. The third-order valence-electron chi connectivity index (χ3n) is 5.85. The van der Waals surface area contributed by atoms with E-state index >= 15 is 0 Å². The molecule has 170 valence electrons. The van der Waals surface area contributed by atoms with Crippen LogP contribution in [0.4, 0.5) is 11.4 Å². The van der Waals surface area contributed by atoms with Crippen molar-refractivity contribution in [3.05, 3.63) is 61.6 Å². The van der Waals surface area contributed by atoms with Crippen LogP contribution < -0.4 is 38.9 Å². The highest BCUT2D eigenvalue weighted by molar-refractivity contribution is 7.07. The fourth-order valence-electron chi connectivity index (χ4n) is 4.16. The van der Waals surface area contributed by atoms with E-state index in [4.69, 9.17) is 14.2 Å². The van der Waals surface area contributed by atoms with Gasteiger partial charge < -0.3 is 24.0 Å². The number of fused-ring (bicyclic) bond motifs is 2. The van der Waals surface area contributed by atoms with Crippen LogP contribution in [0.25, 0.3) is 5.57 Å². The summed E-state index contributed by atoms with van der Waals surface area (Å²) >= 11 is 1.25. The number of thiazole rings is 1. The molecule has 3 heterocycles. The summed E-state index contributed by atoms with van der Waals surface area (Å²) in [5, 5.41) is 0. The maximum atomic E-state index is 13.4. The maximum absolute atomic E-state index is 13.4. The number of nitrogens with zero attached hydrogens (tertiary/aromatic N) is 4. The van der Waals surface area contributed by atoms with Gasteiger partial charge in [-0.15, -0.1) is 0 Å². The highest BCUT2D eigenvalue weighted by Crippen LogP contribution is 2.41. The third-order valence-corrected chi connectivity index (χ3v) is 6.96. The normalized spacial score (nSPS) is 16.3. The van der Waals surface area contributed by atoms with E-state index in [1.165, 1.54) is 11.3 Å². The number of aromatic nitrogens is 1. The van der Waals surface area contributed by atoms with Crippen LogP contribution in [0.2, 0.25) is 0 Å². The van der Waals surface area contributed by atoms with Crippen LogP contribution in [0.15, 0.2) is 46.2 Å². The zero-order chi connectivity index (χ0) is 23.3. The Hall–Kier alpha value is -3.79. The Labute approximate surface area is 193 Å². The number of amides is 1. The van der Waals surface area contributed by atoms with Gasteiger partial charge in [0, 0.05) is 30.4 Å². The molecule has 0 spiro atoms. The first-order valence-corrected chi connectivity index (χ1v) is 11.0. The molecule has 0 atom stereocenters. The van der Waals surface area contributed by atoms with Crippen molar-refractivity contribution >= 4 is 34.2 Å². The predicted molar refractivity (Wildman–Crippen MR) is 125 cm³/mol. The third kappa shape index (κ3) is 3.17. The Morgan fingerprint density at radius 1 is 1.00 bits per heavy atom. The number of rotatable bonds is 4. The summed E-state index contributed by atoms with van der Waals surface area (Å²) in [6.07, 6.45) is 0. The molecule has 2 aliphatic rings. The van der Waals surface area contributed by atoms with Crippen molar-refractivity contribution in [2.45, 2.75) is 6.67 Å². The first-order chi connectivity index (χ1) is 16.0. The van der Waals surface area contributed by atoms with E-state index in [0.29, 0.717) is 38.8 Å². The van der Waals surface area contributed by atoms with Crippen molar-refractivity contribution in [3.63, 3.8) is 0 Å². The Bertz CT molecular complexity index is 1430. The highest BCUT2D eigenvalue weighted by Gasteiger charge is 2.32. The molecule has 0 aliphatic carbocycles. The van der Waals surface area contributed by atoms with Crippen LogP contribution in [0.1, 0.15) is 5.56 Å². The van der Waals surface area contributed by atoms with Crippen LogP contribution in [-0.4, -0.2) is 45.5 Å². The van der Waals surface area contributed by atoms with E-state index in [1.54, 1.807) is 37.8 Å². The lowest BCUT2D eigenvalue weighted by molar-refractivity contribution is -0.112. The number of likely N-dealkylation sites (N-methyl/N-ethyl adjacent to an activating group) is 1. The van der Waals surface area contributed by atoms with E-state index in [9.17, 15) is 9.59 Å². The Balaban J connectivity index is 1.61. The average Bonchev–Trinajstić information content (AvgIpc) is 3.30. The molecule has 0 radical (unpaired) electrons. The van der Waals surface area contributed by atoms with Gasteiger partial charge in [0.2, 0.25) is 5.75 Å². The van der Waals surface area contributed by atoms with Crippen LogP contribution in [0.5, 0.6) is 17.2 Å². The first-order valence-electron chi connectivity index (χ1n) is 10.2. The molecule has 5 rings (SSSR count). The van der Waals surface area contributed by atoms with Gasteiger partial charge in [-0.1, -0.05) is 29.5 Å². The van der Waals surface area contributed by atoms with Crippen LogP contribution >= 0.6 is 11.3 Å². The second-order valence-electron chi connectivity index (χ2n) is 7.57. The van der Waals surface area contributed by atoms with Crippen molar-refractivity contribution in [2.24, 2.45) is 4.99 Å². The molecule has 2 aliphatic heterocycles. The average molecular weight is 467 g/mol. The fourth-order valence-corrected chi connectivity index (χ4v) is 5.22. The second kappa shape index (κ2) is 7.96. The fraction of sp³-hybridized carbons (Fsp3) is 0.261. The molecule has 0 saturated heterocycles. The Kier molecular flexibility index (Phi) is 5.09. The van der Waals surface area contributed by atoms with Crippen molar-refractivity contribution in [2.75, 3.05) is 44.8 Å². The summed E-state index contributed by atoms with van der Waals surface area (Å²) in [4.78, 5) is 35.1. The minimum Gasteiger partial charge on any atom is -0.493 e. The molecule has 10 heteroatoms. The van der Waals surface area contributed by atoms with Gasteiger partial charge in [0.15, 0.2) is 16.3 Å². The number of hydrogen-bond donors (Lipinski definition) is 0. The number of ether oxygens (including phenoxy) is 3. The van der Waals surface area contributed by atoms with Gasteiger partial charge in [-0.2, -0.15) is 0 Å². The van der Waals surface area contributed by atoms with E-state index in [1.807, 2.05) is 41.3 Å². The summed E-state index contributed by atoms with van der Waals surface area (Å²) in [6.45, 7) is 0.629. The molecule has 0 unspecified atom stereocenters. The van der Waals surface area contributed by atoms with Crippen molar-refractivity contribution in [1.82, 2.24) is 4.57 Å². The number of methoxy groups -OCH3 is 3. The van der Waals surface area contributed by atoms with Crippen molar-refractivity contribution in [3.8, 4) is 17.2 Å². The van der Waals surface area contributed by atoms with Gasteiger partial charge in [-0.05, 0) is 6.07 Å². The molecule has 9 nitrogen and oxygen atoms in total. The lowest BCUT2D eigenvalue weighted by Crippen LogP contribution is -2.43. The SMILES string of the molecule is COc1cc(N2CN=c3sc(=C4C(=O)N(C)c5ccccc54)c(=O)n3C2)cc(OC)c1OC. The summed E-state index contributed by atoms with van der Waals surface area (Å²) in [6, 6.07) is 11.1. The molecular weight excluding hydrogens is 444 g/mol. The summed E-state index contributed by atoms with van der Waals surface area (Å²) in [7, 11) is 6.38. The van der Waals surface area contributed by atoms with Crippen LogP contribution in [-0.2, 0) is 11.5 Å². The van der Waals surface area contributed by atoms with Gasteiger partial charge in [-0.25, -0.2) is 4.99 Å². The molecular formula is C23H22N4O5S. The number of hydrogen-bond acceptors (Lipinski definition) is 8. The molecule has 1 aromatic heterocycles. The zero-order valence-corrected chi connectivity index (χ0v) is 19.4. The molecule has 0 N–H and O–H groups in total. The maximum Gasteiger partial charge on any atom is 0.272 e. The summed E-state index contributed by atoms with van der Waals surface area (Å²) < 4.78 is 18.3. The van der Waals surface area contributed by atoms with E-state index in [-0.39, 0.29) is 18.1 Å². The van der Waals surface area contributed by atoms with Crippen LogP contribution in [0.3, 0.4) is 0 Å². The lowest BCUT2D eigenvalue weighted by atomic mass is 10.1. The number of carbonyl (C=O) groups excluding carboxylic acids is 1. The molecule has 3 aromatic rings. The number of anilines is 2. The quantitative estimate of drug-likeness (QED) is 0.574. The van der Waals surface area contributed by atoms with Gasteiger partial charge in [0.05, 0.1) is 32.6 Å². The van der Waals surface area contributed by atoms with E-state index < -0.39 is 0 Å². The summed E-state index contributed by atoms with van der Waals surface area (Å²) in [5.74, 6) is 1.34. The number of benzene rings is 2. The second-order valence-corrected chi connectivity index (χ2v) is 8.55. The molecule has 0 bridgehead atoms. The topological polar surface area (TPSA) is 85.6 Å². The monoisotopic (exact) mass is 466 g/mol. The minimum absolute atomic E-state index is 0.186. The van der Waals surface area contributed by atoms with Gasteiger partial charge in [-0.3, -0.25) is 14.2 Å². The van der Waals surface area contributed by atoms with Gasteiger partial charge in [0.1, 0.15) is 17.9 Å². The van der Waals surface area contributed by atoms with Crippen molar-refractivity contribution < 1.29 is 19.0 Å². The van der Waals surface area contributed by atoms with E-state index in [2.05, 4.69) is 4.99 Å². The highest BCUT2D eigenvalue weighted by atomic mass is 32.1. The molecule has 0 saturated carbocycles.